The van der Waals surface area contributed by atoms with Crippen LogP contribution in [0.3, 0.4) is 0 Å². The van der Waals surface area contributed by atoms with Crippen LogP contribution in [-0.2, 0) is 11.2 Å². The second-order valence-electron chi connectivity index (χ2n) is 3.90. The average Bonchev–Trinajstić information content (AvgIpc) is 2.46. The quantitative estimate of drug-likeness (QED) is 0.814. The zero-order chi connectivity index (χ0) is 10.7. The zero-order valence-electron chi connectivity index (χ0n) is 8.71. The third kappa shape index (κ3) is 3.21. The monoisotopic (exact) mass is 274 g/mol. The number of ketones is 1. The van der Waals surface area contributed by atoms with Gasteiger partial charge in [0.05, 0.1) is 0 Å². The van der Waals surface area contributed by atoms with Crippen LogP contribution in [0.2, 0.25) is 0 Å². The number of hydrogen-bond acceptors (Lipinski definition) is 2. The van der Waals surface area contributed by atoms with Gasteiger partial charge in [-0.3, -0.25) is 4.79 Å². The largest absolute Gasteiger partial charge is 0.300 e. The Morgan fingerprint density at radius 2 is 2.21 bits per heavy atom. The van der Waals surface area contributed by atoms with Crippen LogP contribution in [0.15, 0.2) is 15.9 Å². The molecule has 0 aliphatic rings. The fraction of sp³-hybridized carbons (Fsp3) is 0.545. The summed E-state index contributed by atoms with van der Waals surface area (Å²) in [6.45, 7) is 5.90. The van der Waals surface area contributed by atoms with Crippen molar-refractivity contribution in [2.24, 2.45) is 11.8 Å². The first-order chi connectivity index (χ1) is 6.50. The van der Waals surface area contributed by atoms with Crippen LogP contribution in [0.4, 0.5) is 0 Å². The fourth-order valence-corrected chi connectivity index (χ4v) is 3.04. The maximum absolute atomic E-state index is 11.4. The second-order valence-corrected chi connectivity index (χ2v) is 5.81. The van der Waals surface area contributed by atoms with Gasteiger partial charge in [0.25, 0.3) is 0 Å². The number of halogens is 1. The number of hydrogen-bond donors (Lipinski definition) is 0. The number of carbonyl (C=O) groups is 1. The zero-order valence-corrected chi connectivity index (χ0v) is 11.1. The third-order valence-corrected chi connectivity index (χ3v) is 4.09. The molecule has 0 aromatic carbocycles. The summed E-state index contributed by atoms with van der Waals surface area (Å²) in [7, 11) is 0. The van der Waals surface area contributed by atoms with Gasteiger partial charge in [-0.15, -0.1) is 11.3 Å². The molecule has 0 amide bonds. The van der Waals surface area contributed by atoms with Crippen LogP contribution >= 0.6 is 27.3 Å². The molecule has 1 atom stereocenters. The lowest BCUT2D eigenvalue weighted by Gasteiger charge is -2.16. The summed E-state index contributed by atoms with van der Waals surface area (Å²) >= 11 is 5.14. The summed E-state index contributed by atoms with van der Waals surface area (Å²) in [5, 5.41) is 2.06. The van der Waals surface area contributed by atoms with Crippen molar-refractivity contribution in [3.05, 3.63) is 20.8 Å². The molecule has 1 nitrogen and oxygen atoms in total. The van der Waals surface area contributed by atoms with E-state index in [0.717, 1.165) is 10.9 Å². The SMILES string of the molecule is CC(=O)C(Cc1cc(Br)cs1)C(C)C. The van der Waals surface area contributed by atoms with E-state index >= 15 is 0 Å². The summed E-state index contributed by atoms with van der Waals surface area (Å²) < 4.78 is 1.11. The van der Waals surface area contributed by atoms with Crippen LogP contribution in [0.5, 0.6) is 0 Å². The smallest absolute Gasteiger partial charge is 0.133 e. The summed E-state index contributed by atoms with van der Waals surface area (Å²) in [6.07, 6.45) is 0.878. The molecule has 0 aliphatic carbocycles. The van der Waals surface area contributed by atoms with Gasteiger partial charge in [0.15, 0.2) is 0 Å². The molecule has 0 saturated carbocycles. The van der Waals surface area contributed by atoms with Gasteiger partial charge in [-0.2, -0.15) is 0 Å². The van der Waals surface area contributed by atoms with Gasteiger partial charge < -0.3 is 0 Å². The number of carbonyl (C=O) groups excluding carboxylic acids is 1. The Labute approximate surface area is 97.7 Å². The molecule has 14 heavy (non-hydrogen) atoms. The average molecular weight is 275 g/mol. The molecule has 3 heteroatoms. The fourth-order valence-electron chi connectivity index (χ4n) is 1.53. The molecule has 1 aromatic heterocycles. The predicted molar refractivity (Wildman–Crippen MR) is 64.7 cm³/mol. The van der Waals surface area contributed by atoms with Crippen LogP contribution in [0.1, 0.15) is 25.6 Å². The molecule has 0 radical (unpaired) electrons. The molecule has 1 unspecified atom stereocenters. The van der Waals surface area contributed by atoms with E-state index in [1.165, 1.54) is 4.88 Å². The van der Waals surface area contributed by atoms with Gasteiger partial charge in [-0.05, 0) is 41.3 Å². The van der Waals surface area contributed by atoms with Crippen molar-refractivity contribution in [2.75, 3.05) is 0 Å². The van der Waals surface area contributed by atoms with Crippen molar-refractivity contribution in [2.45, 2.75) is 27.2 Å². The lowest BCUT2D eigenvalue weighted by Crippen LogP contribution is -2.19. The molecule has 0 saturated heterocycles. The Morgan fingerprint density at radius 1 is 1.57 bits per heavy atom. The first-order valence-electron chi connectivity index (χ1n) is 4.74. The molecule has 0 fully saturated rings. The van der Waals surface area contributed by atoms with Crippen molar-refractivity contribution >= 4 is 33.0 Å². The molecule has 0 bridgehead atoms. The van der Waals surface area contributed by atoms with E-state index in [0.29, 0.717) is 11.7 Å². The van der Waals surface area contributed by atoms with E-state index < -0.39 is 0 Å². The molecule has 0 aliphatic heterocycles. The Morgan fingerprint density at radius 3 is 2.57 bits per heavy atom. The van der Waals surface area contributed by atoms with Crippen molar-refractivity contribution < 1.29 is 4.79 Å². The molecule has 1 heterocycles. The molecule has 1 rings (SSSR count). The van der Waals surface area contributed by atoms with Gasteiger partial charge in [0.1, 0.15) is 5.78 Å². The van der Waals surface area contributed by atoms with Crippen molar-refractivity contribution in [1.82, 2.24) is 0 Å². The van der Waals surface area contributed by atoms with Gasteiger partial charge in [0.2, 0.25) is 0 Å². The maximum Gasteiger partial charge on any atom is 0.133 e. The van der Waals surface area contributed by atoms with Gasteiger partial charge >= 0.3 is 0 Å². The minimum Gasteiger partial charge on any atom is -0.300 e. The van der Waals surface area contributed by atoms with Crippen molar-refractivity contribution in [3.63, 3.8) is 0 Å². The first-order valence-corrected chi connectivity index (χ1v) is 6.41. The summed E-state index contributed by atoms with van der Waals surface area (Å²) in [5.41, 5.74) is 0. The van der Waals surface area contributed by atoms with E-state index in [1.807, 2.05) is 0 Å². The van der Waals surface area contributed by atoms with Crippen molar-refractivity contribution in [1.29, 1.82) is 0 Å². The summed E-state index contributed by atoms with van der Waals surface area (Å²) in [5.74, 6) is 0.887. The molecular formula is C11H15BrOS. The molecule has 78 valence electrons. The second kappa shape index (κ2) is 5.08. The van der Waals surface area contributed by atoms with E-state index in [1.54, 1.807) is 18.3 Å². The minimum absolute atomic E-state index is 0.167. The standard InChI is InChI=1S/C11H15BrOS/c1-7(2)11(8(3)13)5-10-4-9(12)6-14-10/h4,6-7,11H,5H2,1-3H3. The molecule has 1 aromatic rings. The highest BCUT2D eigenvalue weighted by Crippen LogP contribution is 2.25. The summed E-state index contributed by atoms with van der Waals surface area (Å²) in [6, 6.07) is 2.10. The first kappa shape index (κ1) is 11.9. The maximum atomic E-state index is 11.4. The number of Topliss-reactive ketones (excluding diaryl/α,β-unsaturated/α-hetero) is 1. The van der Waals surface area contributed by atoms with Crippen LogP contribution in [-0.4, -0.2) is 5.78 Å². The van der Waals surface area contributed by atoms with Gasteiger partial charge in [0, 0.05) is 20.6 Å². The Kier molecular flexibility index (Phi) is 4.32. The predicted octanol–water partition coefficient (Wildman–Crippen LogP) is 3.91. The molecular weight excluding hydrogens is 260 g/mol. The normalized spacial score (nSPS) is 13.2. The van der Waals surface area contributed by atoms with E-state index in [-0.39, 0.29) is 5.92 Å². The Hall–Kier alpha value is -0.150. The molecule has 0 N–H and O–H groups in total. The van der Waals surface area contributed by atoms with Gasteiger partial charge in [-0.25, -0.2) is 0 Å². The topological polar surface area (TPSA) is 17.1 Å². The highest BCUT2D eigenvalue weighted by Gasteiger charge is 2.19. The number of rotatable bonds is 4. The highest BCUT2D eigenvalue weighted by molar-refractivity contribution is 9.10. The van der Waals surface area contributed by atoms with E-state index in [9.17, 15) is 4.79 Å². The van der Waals surface area contributed by atoms with Crippen LogP contribution in [0, 0.1) is 11.8 Å². The van der Waals surface area contributed by atoms with E-state index in [2.05, 4.69) is 41.2 Å². The lowest BCUT2D eigenvalue weighted by molar-refractivity contribution is -0.121. The number of thiophene rings is 1. The Balaban J connectivity index is 2.69. The lowest BCUT2D eigenvalue weighted by atomic mass is 9.89. The van der Waals surface area contributed by atoms with Crippen molar-refractivity contribution in [3.8, 4) is 0 Å². The van der Waals surface area contributed by atoms with Crippen LogP contribution < -0.4 is 0 Å². The van der Waals surface area contributed by atoms with Crippen LogP contribution in [0.25, 0.3) is 0 Å². The molecule has 0 spiro atoms. The Bertz CT molecular complexity index is 317. The highest BCUT2D eigenvalue weighted by atomic mass is 79.9. The summed E-state index contributed by atoms with van der Waals surface area (Å²) in [4.78, 5) is 12.7. The third-order valence-electron chi connectivity index (χ3n) is 2.37. The van der Waals surface area contributed by atoms with Gasteiger partial charge in [-0.1, -0.05) is 13.8 Å². The van der Waals surface area contributed by atoms with E-state index in [4.69, 9.17) is 0 Å². The minimum atomic E-state index is 0.167.